The zero-order chi connectivity index (χ0) is 12.5. The van der Waals surface area contributed by atoms with Crippen LogP contribution in [-0.2, 0) is 10.0 Å². The summed E-state index contributed by atoms with van der Waals surface area (Å²) in [6.07, 6.45) is 2.22. The van der Waals surface area contributed by atoms with Crippen LogP contribution in [0, 0.1) is 0 Å². The monoisotopic (exact) mass is 273 g/mol. The fourth-order valence-corrected chi connectivity index (χ4v) is 2.50. The summed E-state index contributed by atoms with van der Waals surface area (Å²) in [4.78, 5) is 0.0542. The third kappa shape index (κ3) is 2.11. The van der Waals surface area contributed by atoms with Gasteiger partial charge < -0.3 is 4.74 Å². The lowest BCUT2D eigenvalue weighted by Crippen LogP contribution is -2.11. The highest BCUT2D eigenvalue weighted by atomic mass is 35.5. The molecule has 0 aliphatic heterocycles. The number of benzene rings is 1. The Balaban J connectivity index is 2.55. The third-order valence-corrected chi connectivity index (χ3v) is 4.00. The molecule has 0 radical (unpaired) electrons. The molecule has 0 saturated carbocycles. The Morgan fingerprint density at radius 3 is 2.53 bits per heavy atom. The summed E-state index contributed by atoms with van der Waals surface area (Å²) in [6, 6.07) is 4.19. The van der Waals surface area contributed by atoms with Gasteiger partial charge in [-0.2, -0.15) is 0 Å². The summed E-state index contributed by atoms with van der Waals surface area (Å²) in [7, 11) is -2.28. The van der Waals surface area contributed by atoms with Crippen LogP contribution >= 0.6 is 11.6 Å². The van der Waals surface area contributed by atoms with Gasteiger partial charge in [0.25, 0.3) is 10.0 Å². The number of halogens is 1. The topological polar surface area (TPSA) is 74.1 Å². The highest BCUT2D eigenvalue weighted by Gasteiger charge is 2.18. The van der Waals surface area contributed by atoms with Gasteiger partial charge in [0.15, 0.2) is 0 Å². The average molecular weight is 274 g/mol. The predicted octanol–water partition coefficient (Wildman–Crippen LogP) is 1.18. The number of ether oxygens (including phenoxy) is 1. The molecule has 0 spiro atoms. The van der Waals surface area contributed by atoms with Crippen molar-refractivity contribution in [1.29, 1.82) is 0 Å². The van der Waals surface area contributed by atoms with Crippen molar-refractivity contribution in [3.8, 4) is 5.75 Å². The van der Waals surface area contributed by atoms with Crippen LogP contribution in [0.4, 0.5) is 0 Å². The number of hydrogen-bond acceptors (Lipinski definition) is 5. The Bertz CT molecular complexity index is 625. The predicted molar refractivity (Wildman–Crippen MR) is 60.6 cm³/mol. The van der Waals surface area contributed by atoms with E-state index in [9.17, 15) is 8.42 Å². The molecule has 2 rings (SSSR count). The number of aromatic nitrogens is 3. The van der Waals surface area contributed by atoms with E-state index >= 15 is 0 Å². The molecular weight excluding hydrogens is 266 g/mol. The Hall–Kier alpha value is -1.60. The number of nitrogens with zero attached hydrogens (tertiary/aromatic N) is 3. The maximum absolute atomic E-state index is 12.1. The van der Waals surface area contributed by atoms with Crippen LogP contribution in [0.25, 0.3) is 0 Å². The molecule has 2 aromatic rings. The quantitative estimate of drug-likeness (QED) is 0.839. The zero-order valence-electron chi connectivity index (χ0n) is 8.74. The second-order valence-corrected chi connectivity index (χ2v) is 5.34. The van der Waals surface area contributed by atoms with E-state index in [2.05, 4.69) is 10.2 Å². The maximum atomic E-state index is 12.1. The van der Waals surface area contributed by atoms with Gasteiger partial charge >= 0.3 is 0 Å². The van der Waals surface area contributed by atoms with Crippen LogP contribution in [-0.4, -0.2) is 29.7 Å². The fourth-order valence-electron chi connectivity index (χ4n) is 1.24. The molecule has 0 atom stereocenters. The first-order valence-corrected chi connectivity index (χ1v) is 6.31. The molecule has 1 aromatic carbocycles. The fraction of sp³-hybridized carbons (Fsp3) is 0.111. The van der Waals surface area contributed by atoms with Gasteiger partial charge in [0, 0.05) is 6.07 Å². The lowest BCUT2D eigenvalue weighted by molar-refractivity contribution is 0.413. The SMILES string of the molecule is COc1cc(S(=O)(=O)n2cnnc2)ccc1Cl. The van der Waals surface area contributed by atoms with E-state index in [-0.39, 0.29) is 4.90 Å². The van der Waals surface area contributed by atoms with E-state index in [4.69, 9.17) is 16.3 Å². The largest absolute Gasteiger partial charge is 0.495 e. The summed E-state index contributed by atoms with van der Waals surface area (Å²) < 4.78 is 30.0. The van der Waals surface area contributed by atoms with Crippen molar-refractivity contribution in [2.45, 2.75) is 4.90 Å². The normalized spacial score (nSPS) is 11.4. The highest BCUT2D eigenvalue weighted by molar-refractivity contribution is 7.90. The highest BCUT2D eigenvalue weighted by Crippen LogP contribution is 2.27. The van der Waals surface area contributed by atoms with Crippen molar-refractivity contribution < 1.29 is 13.2 Å². The van der Waals surface area contributed by atoms with Gasteiger partial charge in [0.2, 0.25) is 0 Å². The molecule has 0 unspecified atom stereocenters. The lowest BCUT2D eigenvalue weighted by Gasteiger charge is -2.07. The third-order valence-electron chi connectivity index (χ3n) is 2.10. The molecule has 17 heavy (non-hydrogen) atoms. The van der Waals surface area contributed by atoms with Gasteiger partial charge in [-0.05, 0) is 12.1 Å². The summed E-state index contributed by atoms with van der Waals surface area (Å²) >= 11 is 5.82. The van der Waals surface area contributed by atoms with Crippen molar-refractivity contribution in [3.63, 3.8) is 0 Å². The number of hydrogen-bond donors (Lipinski definition) is 0. The number of methoxy groups -OCH3 is 1. The minimum atomic E-state index is -3.69. The molecule has 0 amide bonds. The second-order valence-electron chi connectivity index (χ2n) is 3.09. The van der Waals surface area contributed by atoms with Gasteiger partial charge in [-0.1, -0.05) is 11.6 Å². The first-order chi connectivity index (χ1) is 8.05. The first-order valence-electron chi connectivity index (χ1n) is 4.49. The van der Waals surface area contributed by atoms with E-state index < -0.39 is 10.0 Å². The zero-order valence-corrected chi connectivity index (χ0v) is 10.3. The van der Waals surface area contributed by atoms with Crippen molar-refractivity contribution in [1.82, 2.24) is 14.2 Å². The first kappa shape index (κ1) is 11.9. The van der Waals surface area contributed by atoms with E-state index in [1.54, 1.807) is 0 Å². The van der Waals surface area contributed by atoms with Gasteiger partial charge in [0.1, 0.15) is 18.4 Å². The maximum Gasteiger partial charge on any atom is 0.270 e. The molecule has 0 aliphatic carbocycles. The summed E-state index contributed by atoms with van der Waals surface area (Å²) in [5.41, 5.74) is 0. The average Bonchev–Trinajstić information content (AvgIpc) is 2.83. The van der Waals surface area contributed by atoms with Crippen molar-refractivity contribution in [2.75, 3.05) is 7.11 Å². The molecule has 0 fully saturated rings. The summed E-state index contributed by atoms with van der Waals surface area (Å²) in [6.45, 7) is 0. The molecule has 0 aliphatic rings. The second kappa shape index (κ2) is 4.34. The minimum absolute atomic E-state index is 0.0542. The molecule has 6 nitrogen and oxygen atoms in total. The molecule has 0 N–H and O–H groups in total. The van der Waals surface area contributed by atoms with Crippen LogP contribution in [0.15, 0.2) is 35.7 Å². The van der Waals surface area contributed by atoms with Crippen molar-refractivity contribution in [2.24, 2.45) is 0 Å². The van der Waals surface area contributed by atoms with Crippen LogP contribution in [0.2, 0.25) is 5.02 Å². The Labute approximate surface area is 103 Å². The lowest BCUT2D eigenvalue weighted by atomic mass is 10.3. The smallest absolute Gasteiger partial charge is 0.270 e. The van der Waals surface area contributed by atoms with E-state index in [1.807, 2.05) is 0 Å². The van der Waals surface area contributed by atoms with Gasteiger partial charge in [-0.25, -0.2) is 12.4 Å². The van der Waals surface area contributed by atoms with E-state index in [0.29, 0.717) is 10.8 Å². The van der Waals surface area contributed by atoms with Gasteiger partial charge in [0.05, 0.1) is 17.0 Å². The molecule has 0 saturated heterocycles. The summed E-state index contributed by atoms with van der Waals surface area (Å²) in [5.74, 6) is 0.292. The van der Waals surface area contributed by atoms with Gasteiger partial charge in [-0.3, -0.25) is 0 Å². The molecule has 8 heteroatoms. The van der Waals surface area contributed by atoms with Crippen LogP contribution in [0.3, 0.4) is 0 Å². The summed E-state index contributed by atoms with van der Waals surface area (Å²) in [5, 5.41) is 7.24. The van der Waals surface area contributed by atoms with Crippen LogP contribution in [0.5, 0.6) is 5.75 Å². The Morgan fingerprint density at radius 2 is 1.94 bits per heavy atom. The molecule has 1 aromatic heterocycles. The molecule has 90 valence electrons. The van der Waals surface area contributed by atoms with Crippen LogP contribution in [0.1, 0.15) is 0 Å². The molecule has 0 bridgehead atoms. The minimum Gasteiger partial charge on any atom is -0.495 e. The van der Waals surface area contributed by atoms with E-state index in [1.165, 1.54) is 25.3 Å². The van der Waals surface area contributed by atoms with Crippen molar-refractivity contribution in [3.05, 3.63) is 35.9 Å². The number of rotatable bonds is 3. The van der Waals surface area contributed by atoms with Crippen molar-refractivity contribution >= 4 is 21.6 Å². The van der Waals surface area contributed by atoms with Gasteiger partial charge in [-0.15, -0.1) is 10.2 Å². The van der Waals surface area contributed by atoms with E-state index in [0.717, 1.165) is 16.6 Å². The Kier molecular flexibility index (Phi) is 3.03. The molecular formula is C9H8ClN3O3S. The Morgan fingerprint density at radius 1 is 1.29 bits per heavy atom. The van der Waals surface area contributed by atoms with Crippen LogP contribution < -0.4 is 4.74 Å². The molecule has 1 heterocycles. The standard InChI is InChI=1S/C9H8ClN3O3S/c1-16-9-4-7(2-3-8(9)10)17(14,15)13-5-11-12-6-13/h2-6H,1H3.